The molecule has 0 spiro atoms. The summed E-state index contributed by atoms with van der Waals surface area (Å²) in [6.07, 6.45) is 2.56. The fourth-order valence-electron chi connectivity index (χ4n) is 2.89. The van der Waals surface area contributed by atoms with Crippen LogP contribution in [0.2, 0.25) is 0 Å². The number of carbonyl (C=O) groups excluding carboxylic acids is 1. The van der Waals surface area contributed by atoms with E-state index in [-0.39, 0.29) is 11.9 Å². The summed E-state index contributed by atoms with van der Waals surface area (Å²) in [6, 6.07) is 1.65. The Balaban J connectivity index is 1.79. The summed E-state index contributed by atoms with van der Waals surface area (Å²) in [5.74, 6) is 1.08. The van der Waals surface area contributed by atoms with E-state index in [0.29, 0.717) is 18.2 Å². The van der Waals surface area contributed by atoms with Crippen molar-refractivity contribution in [3.8, 4) is 0 Å². The van der Waals surface area contributed by atoms with Gasteiger partial charge in [-0.3, -0.25) is 4.79 Å². The van der Waals surface area contributed by atoms with Gasteiger partial charge in [-0.05, 0) is 25.7 Å². The molecule has 118 valence electrons. The van der Waals surface area contributed by atoms with Gasteiger partial charge in [-0.25, -0.2) is 4.63 Å². The van der Waals surface area contributed by atoms with Gasteiger partial charge >= 0.3 is 0 Å². The standard InChI is InChI=1S/C15H20N4O3/c1-9(2)7-11-8-12(17-21-11)15(20)19-6-4-5-13(19)14-10(3)16-22-18-14/h8-9,13H,4-7H2,1-3H3/t13-/m0/s1. The minimum absolute atomic E-state index is 0.0935. The number of carbonyl (C=O) groups is 1. The van der Waals surface area contributed by atoms with Crippen molar-refractivity contribution in [2.45, 2.75) is 46.1 Å². The lowest BCUT2D eigenvalue weighted by atomic mass is 10.1. The first-order valence-electron chi connectivity index (χ1n) is 7.62. The van der Waals surface area contributed by atoms with Crippen molar-refractivity contribution in [2.24, 2.45) is 5.92 Å². The van der Waals surface area contributed by atoms with Gasteiger partial charge in [-0.2, -0.15) is 0 Å². The Hall–Kier alpha value is -2.18. The summed E-state index contributed by atoms with van der Waals surface area (Å²) in [7, 11) is 0. The van der Waals surface area contributed by atoms with Gasteiger partial charge in [-0.1, -0.05) is 29.3 Å². The van der Waals surface area contributed by atoms with Crippen LogP contribution in [0.4, 0.5) is 0 Å². The first-order chi connectivity index (χ1) is 10.6. The molecule has 0 bridgehead atoms. The fraction of sp³-hybridized carbons (Fsp3) is 0.600. The Morgan fingerprint density at radius 3 is 2.91 bits per heavy atom. The van der Waals surface area contributed by atoms with Crippen LogP contribution in [0.5, 0.6) is 0 Å². The molecule has 1 saturated heterocycles. The third-order valence-electron chi connectivity index (χ3n) is 3.90. The van der Waals surface area contributed by atoms with Crippen molar-refractivity contribution < 1.29 is 13.9 Å². The molecule has 0 saturated carbocycles. The van der Waals surface area contributed by atoms with E-state index in [4.69, 9.17) is 9.15 Å². The van der Waals surface area contributed by atoms with Crippen LogP contribution in [-0.2, 0) is 6.42 Å². The summed E-state index contributed by atoms with van der Waals surface area (Å²) < 4.78 is 10.0. The fourth-order valence-corrected chi connectivity index (χ4v) is 2.89. The monoisotopic (exact) mass is 304 g/mol. The van der Waals surface area contributed by atoms with Crippen molar-refractivity contribution in [1.82, 2.24) is 20.4 Å². The van der Waals surface area contributed by atoms with Gasteiger partial charge in [0.05, 0.1) is 6.04 Å². The van der Waals surface area contributed by atoms with E-state index in [0.717, 1.165) is 36.4 Å². The minimum atomic E-state index is -0.122. The molecule has 0 aliphatic carbocycles. The molecule has 7 heteroatoms. The molecule has 1 fully saturated rings. The number of amides is 1. The summed E-state index contributed by atoms with van der Waals surface area (Å²) >= 11 is 0. The van der Waals surface area contributed by atoms with Crippen LogP contribution in [0.3, 0.4) is 0 Å². The van der Waals surface area contributed by atoms with E-state index in [9.17, 15) is 4.79 Å². The quantitative estimate of drug-likeness (QED) is 0.863. The highest BCUT2D eigenvalue weighted by Gasteiger charge is 2.35. The average Bonchev–Trinajstić information content (AvgIpc) is 3.16. The molecule has 0 radical (unpaired) electrons. The van der Waals surface area contributed by atoms with E-state index < -0.39 is 0 Å². The molecular weight excluding hydrogens is 284 g/mol. The Morgan fingerprint density at radius 1 is 1.41 bits per heavy atom. The van der Waals surface area contributed by atoms with Gasteiger partial charge in [-0.15, -0.1) is 0 Å². The van der Waals surface area contributed by atoms with Crippen LogP contribution in [0.15, 0.2) is 15.2 Å². The first-order valence-corrected chi connectivity index (χ1v) is 7.62. The van der Waals surface area contributed by atoms with E-state index in [1.54, 1.807) is 11.0 Å². The lowest BCUT2D eigenvalue weighted by Gasteiger charge is -2.21. The minimum Gasteiger partial charge on any atom is -0.361 e. The number of hydrogen-bond acceptors (Lipinski definition) is 6. The van der Waals surface area contributed by atoms with Gasteiger partial charge in [0.2, 0.25) is 0 Å². The number of aromatic nitrogens is 3. The largest absolute Gasteiger partial charge is 0.361 e. The molecular formula is C15H20N4O3. The smallest absolute Gasteiger partial charge is 0.276 e. The third-order valence-corrected chi connectivity index (χ3v) is 3.90. The molecule has 2 aromatic rings. The summed E-state index contributed by atoms with van der Waals surface area (Å²) in [5, 5.41) is 11.7. The zero-order chi connectivity index (χ0) is 15.7. The first kappa shape index (κ1) is 14.7. The second-order valence-corrected chi connectivity index (χ2v) is 6.17. The number of hydrogen-bond donors (Lipinski definition) is 0. The summed E-state index contributed by atoms with van der Waals surface area (Å²) in [4.78, 5) is 14.5. The van der Waals surface area contributed by atoms with Crippen molar-refractivity contribution in [3.05, 3.63) is 28.9 Å². The number of likely N-dealkylation sites (tertiary alicyclic amines) is 1. The molecule has 0 unspecified atom stereocenters. The number of rotatable bonds is 4. The maximum absolute atomic E-state index is 12.7. The van der Waals surface area contributed by atoms with Gasteiger partial charge in [0.1, 0.15) is 17.1 Å². The Labute approximate surface area is 128 Å². The topological polar surface area (TPSA) is 85.3 Å². The lowest BCUT2D eigenvalue weighted by Crippen LogP contribution is -2.31. The highest BCUT2D eigenvalue weighted by molar-refractivity contribution is 5.92. The zero-order valence-corrected chi connectivity index (χ0v) is 13.1. The van der Waals surface area contributed by atoms with Crippen molar-refractivity contribution >= 4 is 5.91 Å². The summed E-state index contributed by atoms with van der Waals surface area (Å²) in [5.41, 5.74) is 1.82. The van der Waals surface area contributed by atoms with E-state index in [1.807, 2.05) is 6.92 Å². The Kier molecular flexibility index (Phi) is 3.96. The normalized spacial score (nSPS) is 18.4. The second-order valence-electron chi connectivity index (χ2n) is 6.17. The van der Waals surface area contributed by atoms with Crippen molar-refractivity contribution in [1.29, 1.82) is 0 Å². The van der Waals surface area contributed by atoms with E-state index in [1.165, 1.54) is 0 Å². The van der Waals surface area contributed by atoms with Gasteiger partial charge in [0.15, 0.2) is 5.69 Å². The van der Waals surface area contributed by atoms with Gasteiger partial charge in [0.25, 0.3) is 5.91 Å². The van der Waals surface area contributed by atoms with Crippen LogP contribution in [-0.4, -0.2) is 32.8 Å². The maximum atomic E-state index is 12.7. The molecule has 3 rings (SSSR count). The van der Waals surface area contributed by atoms with Crippen molar-refractivity contribution in [3.63, 3.8) is 0 Å². The highest BCUT2D eigenvalue weighted by atomic mass is 16.6. The molecule has 0 aromatic carbocycles. The lowest BCUT2D eigenvalue weighted by molar-refractivity contribution is 0.0719. The van der Waals surface area contributed by atoms with Crippen LogP contribution in [0.25, 0.3) is 0 Å². The molecule has 2 aromatic heterocycles. The second kappa shape index (κ2) is 5.90. The molecule has 1 aliphatic heterocycles. The van der Waals surface area contributed by atoms with Crippen molar-refractivity contribution in [2.75, 3.05) is 6.54 Å². The third kappa shape index (κ3) is 2.75. The highest BCUT2D eigenvalue weighted by Crippen LogP contribution is 2.33. The molecule has 1 atom stereocenters. The SMILES string of the molecule is Cc1nonc1[C@@H]1CCCN1C(=O)c1cc(CC(C)C)on1. The molecule has 1 amide bonds. The maximum Gasteiger partial charge on any atom is 0.276 e. The average molecular weight is 304 g/mol. The molecule has 3 heterocycles. The van der Waals surface area contributed by atoms with Crippen LogP contribution in [0.1, 0.15) is 60.4 Å². The van der Waals surface area contributed by atoms with Crippen LogP contribution >= 0.6 is 0 Å². The van der Waals surface area contributed by atoms with Gasteiger partial charge < -0.3 is 9.42 Å². The predicted octanol–water partition coefficient (Wildman–Crippen LogP) is 2.54. The summed E-state index contributed by atoms with van der Waals surface area (Å²) in [6.45, 7) is 6.72. The molecule has 22 heavy (non-hydrogen) atoms. The van der Waals surface area contributed by atoms with E-state index in [2.05, 4.69) is 29.3 Å². The van der Waals surface area contributed by atoms with E-state index >= 15 is 0 Å². The van der Waals surface area contributed by atoms with Gasteiger partial charge in [0, 0.05) is 19.0 Å². The number of nitrogens with zero attached hydrogens (tertiary/aromatic N) is 4. The Morgan fingerprint density at radius 2 is 2.23 bits per heavy atom. The molecule has 7 nitrogen and oxygen atoms in total. The number of aryl methyl sites for hydroxylation is 1. The zero-order valence-electron chi connectivity index (χ0n) is 13.1. The molecule has 1 aliphatic rings. The van der Waals surface area contributed by atoms with Crippen LogP contribution < -0.4 is 0 Å². The molecule has 0 N–H and O–H groups in total. The Bertz CT molecular complexity index is 661. The van der Waals surface area contributed by atoms with Crippen LogP contribution in [0, 0.1) is 12.8 Å². The predicted molar refractivity (Wildman–Crippen MR) is 77.1 cm³/mol.